The number of carbonyl (C=O) groups is 2. The van der Waals surface area contributed by atoms with Gasteiger partial charge in [-0.3, -0.25) is 9.59 Å². The van der Waals surface area contributed by atoms with Crippen molar-refractivity contribution in [2.45, 2.75) is 39.8 Å². The molecule has 9 nitrogen and oxygen atoms in total. The van der Waals surface area contributed by atoms with Crippen LogP contribution in [0.5, 0.6) is 0 Å². The Kier molecular flexibility index (Phi) is 12.3. The highest BCUT2D eigenvalue weighted by Gasteiger charge is 2.25. The highest BCUT2D eigenvalue weighted by molar-refractivity contribution is 5.82. The Labute approximate surface area is 175 Å². The number of hydrogen-bond acceptors (Lipinski definition) is 7. The van der Waals surface area contributed by atoms with Crippen LogP contribution in [-0.2, 0) is 23.8 Å². The van der Waals surface area contributed by atoms with Gasteiger partial charge in [0.05, 0.1) is 51.7 Å². The van der Waals surface area contributed by atoms with Crippen LogP contribution in [0, 0.1) is 11.8 Å². The first-order valence-electron chi connectivity index (χ1n) is 10.6. The van der Waals surface area contributed by atoms with Crippen LogP contribution in [0.1, 0.15) is 27.7 Å². The zero-order valence-corrected chi connectivity index (χ0v) is 18.5. The van der Waals surface area contributed by atoms with Gasteiger partial charge in [0.15, 0.2) is 0 Å². The summed E-state index contributed by atoms with van der Waals surface area (Å²) in [7, 11) is 0. The Hall–Kier alpha value is -1.26. The minimum Gasteiger partial charge on any atom is -0.378 e. The van der Waals surface area contributed by atoms with E-state index in [9.17, 15) is 9.59 Å². The topological polar surface area (TPSA) is 120 Å². The first kappa shape index (κ1) is 25.8. The summed E-state index contributed by atoms with van der Waals surface area (Å²) in [4.78, 5) is 28.6. The van der Waals surface area contributed by atoms with Gasteiger partial charge in [0.1, 0.15) is 0 Å². The van der Waals surface area contributed by atoms with Gasteiger partial charge in [-0.1, -0.05) is 27.7 Å². The van der Waals surface area contributed by atoms with Crippen molar-refractivity contribution in [2.24, 2.45) is 23.3 Å². The van der Waals surface area contributed by atoms with E-state index in [2.05, 4.69) is 0 Å². The molecule has 0 spiro atoms. The van der Waals surface area contributed by atoms with Gasteiger partial charge < -0.3 is 35.5 Å². The number of carbonyl (C=O) groups excluding carboxylic acids is 2. The molecular weight excluding hydrogens is 376 g/mol. The summed E-state index contributed by atoms with van der Waals surface area (Å²) in [5, 5.41) is 0. The normalized spacial score (nSPS) is 20.8. The largest absolute Gasteiger partial charge is 0.378 e. The molecule has 1 heterocycles. The van der Waals surface area contributed by atoms with Crippen molar-refractivity contribution >= 4 is 11.8 Å². The van der Waals surface area contributed by atoms with Crippen molar-refractivity contribution in [3.8, 4) is 0 Å². The van der Waals surface area contributed by atoms with Crippen LogP contribution in [-0.4, -0.2) is 99.5 Å². The third-order valence-electron chi connectivity index (χ3n) is 5.02. The van der Waals surface area contributed by atoms with Crippen LogP contribution >= 0.6 is 0 Å². The Balaban J connectivity index is 2.68. The summed E-state index contributed by atoms with van der Waals surface area (Å²) in [6.45, 7) is 11.9. The molecule has 2 amide bonds. The van der Waals surface area contributed by atoms with Crippen molar-refractivity contribution in [3.63, 3.8) is 0 Å². The van der Waals surface area contributed by atoms with Crippen molar-refractivity contribution in [1.29, 1.82) is 0 Å². The maximum absolute atomic E-state index is 12.6. The molecule has 0 bridgehead atoms. The van der Waals surface area contributed by atoms with E-state index in [4.69, 9.17) is 25.7 Å². The van der Waals surface area contributed by atoms with Gasteiger partial charge in [0.25, 0.3) is 0 Å². The SMILES string of the molecule is CC(C)[C@H](N)C(=O)N1CCOCCOCCN(C(=O)[C@@H](N)C(C)C)CCOCC1. The van der Waals surface area contributed by atoms with E-state index >= 15 is 0 Å². The van der Waals surface area contributed by atoms with Crippen molar-refractivity contribution in [2.75, 3.05) is 65.8 Å². The number of ether oxygens (including phenoxy) is 3. The quantitative estimate of drug-likeness (QED) is 0.644. The third-order valence-corrected chi connectivity index (χ3v) is 5.02. The molecule has 1 aliphatic rings. The minimum absolute atomic E-state index is 0.0547. The molecule has 2 atom stereocenters. The van der Waals surface area contributed by atoms with Gasteiger partial charge in [-0.25, -0.2) is 0 Å². The van der Waals surface area contributed by atoms with Gasteiger partial charge in [-0.05, 0) is 11.8 Å². The van der Waals surface area contributed by atoms with Crippen LogP contribution in [0.4, 0.5) is 0 Å². The number of rotatable bonds is 4. The Morgan fingerprint density at radius 1 is 0.621 bits per heavy atom. The van der Waals surface area contributed by atoms with Crippen molar-refractivity contribution < 1.29 is 23.8 Å². The van der Waals surface area contributed by atoms with Gasteiger partial charge in [-0.15, -0.1) is 0 Å². The van der Waals surface area contributed by atoms with Gasteiger partial charge in [0, 0.05) is 26.2 Å². The van der Waals surface area contributed by atoms with Crippen LogP contribution in [0.25, 0.3) is 0 Å². The molecular formula is C20H40N4O5. The molecule has 1 fully saturated rings. The zero-order chi connectivity index (χ0) is 21.8. The average Bonchev–Trinajstić information content (AvgIpc) is 2.70. The number of nitrogens with two attached hydrogens (primary N) is 2. The summed E-state index contributed by atoms with van der Waals surface area (Å²) in [5.41, 5.74) is 12.1. The average molecular weight is 417 g/mol. The Morgan fingerprint density at radius 3 is 1.17 bits per heavy atom. The molecule has 0 aromatic carbocycles. The molecule has 0 saturated carbocycles. The molecule has 1 rings (SSSR count). The second-order valence-electron chi connectivity index (χ2n) is 8.03. The van der Waals surface area contributed by atoms with E-state index in [-0.39, 0.29) is 23.7 Å². The molecule has 9 heteroatoms. The standard InChI is InChI=1S/C20H40N4O5/c1-15(2)17(21)19(25)23-5-9-27-10-6-24(20(26)18(22)16(3)4)8-12-29-14-13-28-11-7-23/h15-18H,5-14,21-22H2,1-4H3/t17-,18-/m0/s1. The fraction of sp³-hybridized carbons (Fsp3) is 0.900. The van der Waals surface area contributed by atoms with E-state index < -0.39 is 12.1 Å². The highest BCUT2D eigenvalue weighted by atomic mass is 16.5. The van der Waals surface area contributed by atoms with Gasteiger partial charge in [0.2, 0.25) is 11.8 Å². The molecule has 0 unspecified atom stereocenters. The lowest BCUT2D eigenvalue weighted by atomic mass is 10.0. The Bertz CT molecular complexity index is 447. The summed E-state index contributed by atoms with van der Waals surface area (Å²) < 4.78 is 16.8. The fourth-order valence-electron chi connectivity index (χ4n) is 2.78. The third kappa shape index (κ3) is 9.39. The molecule has 1 aliphatic heterocycles. The molecule has 170 valence electrons. The number of nitrogens with zero attached hydrogens (tertiary/aromatic N) is 2. The van der Waals surface area contributed by atoms with Crippen LogP contribution in [0.2, 0.25) is 0 Å². The molecule has 0 aliphatic carbocycles. The van der Waals surface area contributed by atoms with Crippen LogP contribution < -0.4 is 11.5 Å². The molecule has 0 aromatic heterocycles. The van der Waals surface area contributed by atoms with Gasteiger partial charge in [-0.2, -0.15) is 0 Å². The van der Waals surface area contributed by atoms with E-state index in [0.29, 0.717) is 65.8 Å². The summed E-state index contributed by atoms with van der Waals surface area (Å²) >= 11 is 0. The second kappa shape index (κ2) is 13.9. The molecule has 0 aromatic rings. The van der Waals surface area contributed by atoms with Crippen molar-refractivity contribution in [1.82, 2.24) is 9.80 Å². The summed E-state index contributed by atoms with van der Waals surface area (Å²) in [6.07, 6.45) is 0. The van der Waals surface area contributed by atoms with E-state index in [0.717, 1.165) is 0 Å². The first-order chi connectivity index (χ1) is 13.8. The summed E-state index contributed by atoms with van der Waals surface area (Å²) in [5.74, 6) is -0.0990. The second-order valence-corrected chi connectivity index (χ2v) is 8.03. The van der Waals surface area contributed by atoms with Crippen LogP contribution in [0.15, 0.2) is 0 Å². The van der Waals surface area contributed by atoms with E-state index in [1.54, 1.807) is 9.80 Å². The zero-order valence-electron chi connectivity index (χ0n) is 18.5. The molecule has 29 heavy (non-hydrogen) atoms. The summed E-state index contributed by atoms with van der Waals surface area (Å²) in [6, 6.07) is -1.10. The minimum atomic E-state index is -0.550. The number of amides is 2. The lowest BCUT2D eigenvalue weighted by molar-refractivity contribution is -0.135. The number of hydrogen-bond donors (Lipinski definition) is 2. The molecule has 1 saturated heterocycles. The fourth-order valence-corrected chi connectivity index (χ4v) is 2.78. The maximum Gasteiger partial charge on any atom is 0.239 e. The lowest BCUT2D eigenvalue weighted by Crippen LogP contribution is -2.49. The lowest BCUT2D eigenvalue weighted by Gasteiger charge is -2.28. The van der Waals surface area contributed by atoms with E-state index in [1.165, 1.54) is 0 Å². The first-order valence-corrected chi connectivity index (χ1v) is 10.6. The highest BCUT2D eigenvalue weighted by Crippen LogP contribution is 2.06. The van der Waals surface area contributed by atoms with E-state index in [1.807, 2.05) is 27.7 Å². The predicted molar refractivity (Wildman–Crippen MR) is 111 cm³/mol. The van der Waals surface area contributed by atoms with Gasteiger partial charge >= 0.3 is 0 Å². The predicted octanol–water partition coefficient (Wildman–Crippen LogP) is -0.326. The van der Waals surface area contributed by atoms with Crippen molar-refractivity contribution in [3.05, 3.63) is 0 Å². The molecule has 4 N–H and O–H groups in total. The van der Waals surface area contributed by atoms with Crippen LogP contribution in [0.3, 0.4) is 0 Å². The molecule has 0 radical (unpaired) electrons. The monoisotopic (exact) mass is 416 g/mol. The Morgan fingerprint density at radius 2 is 0.897 bits per heavy atom. The smallest absolute Gasteiger partial charge is 0.239 e. The maximum atomic E-state index is 12.6.